The fourth-order valence-corrected chi connectivity index (χ4v) is 3.52. The van der Waals surface area contributed by atoms with Crippen molar-refractivity contribution in [3.8, 4) is 0 Å². The lowest BCUT2D eigenvalue weighted by Crippen LogP contribution is -2.68. The van der Waals surface area contributed by atoms with Crippen LogP contribution in [0.1, 0.15) is 54.4 Å². The van der Waals surface area contributed by atoms with Crippen LogP contribution in [-0.4, -0.2) is 11.1 Å². The Hall–Kier alpha value is -0.340. The second-order valence-electron chi connectivity index (χ2n) is 6.06. The lowest BCUT2D eigenvalue weighted by Gasteiger charge is -2.57. The summed E-state index contributed by atoms with van der Waals surface area (Å²) in [7, 11) is 0. The van der Waals surface area contributed by atoms with Gasteiger partial charge in [0.2, 0.25) is 0 Å². The average molecular weight is 224 g/mol. The summed E-state index contributed by atoms with van der Waals surface area (Å²) in [6, 6.07) is 0. The van der Waals surface area contributed by atoms with E-state index in [2.05, 4.69) is 47.6 Å². The molecular weight excluding hydrogens is 196 g/mol. The van der Waals surface area contributed by atoms with Crippen LogP contribution in [0, 0.1) is 11.3 Å². The zero-order valence-electron chi connectivity index (χ0n) is 11.7. The van der Waals surface area contributed by atoms with Gasteiger partial charge < -0.3 is 11.5 Å². The molecule has 0 spiro atoms. The topological polar surface area (TPSA) is 52.0 Å². The normalized spacial score (nSPS) is 43.0. The number of nitrogens with two attached hydrogens (primary N) is 2. The highest BCUT2D eigenvalue weighted by molar-refractivity contribution is 5.32. The third-order valence-corrected chi connectivity index (χ3v) is 5.23. The molecule has 0 fully saturated rings. The zero-order valence-corrected chi connectivity index (χ0v) is 11.7. The van der Waals surface area contributed by atoms with Gasteiger partial charge in [0.1, 0.15) is 0 Å². The van der Waals surface area contributed by atoms with E-state index in [-0.39, 0.29) is 16.5 Å². The van der Waals surface area contributed by atoms with Gasteiger partial charge in [0.05, 0.1) is 0 Å². The summed E-state index contributed by atoms with van der Waals surface area (Å²) in [4.78, 5) is 0. The molecule has 0 aromatic heterocycles. The molecule has 0 saturated carbocycles. The van der Waals surface area contributed by atoms with Crippen LogP contribution in [0.15, 0.2) is 11.6 Å². The van der Waals surface area contributed by atoms with Gasteiger partial charge >= 0.3 is 0 Å². The first-order chi connectivity index (χ1) is 7.15. The van der Waals surface area contributed by atoms with Crippen molar-refractivity contribution in [1.82, 2.24) is 0 Å². The summed E-state index contributed by atoms with van der Waals surface area (Å²) in [6.45, 7) is 13.1. The Labute approximate surface area is 100 Å². The molecule has 2 heteroatoms. The largest absolute Gasteiger partial charge is 0.324 e. The summed E-state index contributed by atoms with van der Waals surface area (Å²) in [5, 5.41) is 0. The van der Waals surface area contributed by atoms with Crippen molar-refractivity contribution >= 4 is 0 Å². The molecule has 0 bridgehead atoms. The van der Waals surface area contributed by atoms with Crippen LogP contribution in [-0.2, 0) is 0 Å². The maximum absolute atomic E-state index is 6.67. The van der Waals surface area contributed by atoms with Gasteiger partial charge in [-0.1, -0.05) is 46.3 Å². The van der Waals surface area contributed by atoms with Crippen LogP contribution >= 0.6 is 0 Å². The van der Waals surface area contributed by atoms with Gasteiger partial charge in [0.15, 0.2) is 0 Å². The lowest BCUT2D eigenvalue weighted by molar-refractivity contribution is 0.0729. The van der Waals surface area contributed by atoms with Gasteiger partial charge in [0, 0.05) is 16.5 Å². The molecule has 3 unspecified atom stereocenters. The van der Waals surface area contributed by atoms with Crippen LogP contribution in [0.25, 0.3) is 0 Å². The van der Waals surface area contributed by atoms with Crippen LogP contribution in [0.3, 0.4) is 0 Å². The molecule has 0 saturated heterocycles. The van der Waals surface area contributed by atoms with E-state index >= 15 is 0 Å². The van der Waals surface area contributed by atoms with E-state index in [4.69, 9.17) is 11.5 Å². The second kappa shape index (κ2) is 3.85. The molecule has 3 atom stereocenters. The second-order valence-corrected chi connectivity index (χ2v) is 6.06. The molecule has 94 valence electrons. The van der Waals surface area contributed by atoms with Crippen molar-refractivity contribution in [3.05, 3.63) is 11.6 Å². The third-order valence-electron chi connectivity index (χ3n) is 5.23. The predicted octanol–water partition coefficient (Wildman–Crippen LogP) is 2.82. The van der Waals surface area contributed by atoms with Gasteiger partial charge in [0.25, 0.3) is 0 Å². The van der Waals surface area contributed by atoms with Gasteiger partial charge in [-0.15, -0.1) is 0 Å². The third kappa shape index (κ3) is 1.54. The van der Waals surface area contributed by atoms with Crippen LogP contribution in [0.4, 0.5) is 0 Å². The van der Waals surface area contributed by atoms with Crippen molar-refractivity contribution < 1.29 is 0 Å². The van der Waals surface area contributed by atoms with Crippen molar-refractivity contribution in [1.29, 1.82) is 0 Å². The Bertz CT molecular complexity index is 306. The molecule has 1 aliphatic carbocycles. The van der Waals surface area contributed by atoms with Crippen molar-refractivity contribution in [2.45, 2.75) is 65.5 Å². The van der Waals surface area contributed by atoms with E-state index in [1.54, 1.807) is 0 Å². The highest BCUT2D eigenvalue weighted by atomic mass is 14.9. The fourth-order valence-electron chi connectivity index (χ4n) is 3.52. The Morgan fingerprint density at radius 3 is 2.06 bits per heavy atom. The van der Waals surface area contributed by atoms with Gasteiger partial charge in [-0.25, -0.2) is 0 Å². The SMILES string of the molecule is CCC1(N)C(C)=CC(C)(C)C(N)(CC)C1C. The summed E-state index contributed by atoms with van der Waals surface area (Å²) in [5.74, 6) is 0.301. The minimum atomic E-state index is -0.236. The van der Waals surface area contributed by atoms with Crippen LogP contribution in [0.2, 0.25) is 0 Å². The summed E-state index contributed by atoms with van der Waals surface area (Å²) < 4.78 is 0. The first-order valence-electron chi connectivity index (χ1n) is 6.43. The average Bonchev–Trinajstić information content (AvgIpc) is 2.23. The van der Waals surface area contributed by atoms with E-state index in [0.717, 1.165) is 12.8 Å². The summed E-state index contributed by atoms with van der Waals surface area (Å²) >= 11 is 0. The lowest BCUT2D eigenvalue weighted by atomic mass is 9.53. The Morgan fingerprint density at radius 1 is 1.19 bits per heavy atom. The Morgan fingerprint density at radius 2 is 1.69 bits per heavy atom. The molecule has 1 aliphatic rings. The maximum Gasteiger partial charge on any atom is 0.0407 e. The van der Waals surface area contributed by atoms with Gasteiger partial charge in [-0.3, -0.25) is 0 Å². The Balaban J connectivity index is 3.37. The van der Waals surface area contributed by atoms with E-state index in [9.17, 15) is 0 Å². The minimum Gasteiger partial charge on any atom is -0.324 e. The molecule has 0 amide bonds. The van der Waals surface area contributed by atoms with E-state index in [1.165, 1.54) is 5.57 Å². The molecule has 1 rings (SSSR count). The minimum absolute atomic E-state index is 0.0172. The molecule has 0 heterocycles. The van der Waals surface area contributed by atoms with E-state index in [1.807, 2.05) is 0 Å². The van der Waals surface area contributed by atoms with Crippen molar-refractivity contribution in [2.75, 3.05) is 0 Å². The first kappa shape index (κ1) is 13.7. The van der Waals surface area contributed by atoms with Crippen LogP contribution < -0.4 is 11.5 Å². The Kier molecular flexibility index (Phi) is 3.30. The molecule has 4 N–H and O–H groups in total. The molecule has 2 nitrogen and oxygen atoms in total. The molecule has 0 radical (unpaired) electrons. The van der Waals surface area contributed by atoms with E-state index < -0.39 is 0 Å². The molecule has 0 aliphatic heterocycles. The van der Waals surface area contributed by atoms with Crippen LogP contribution in [0.5, 0.6) is 0 Å². The highest BCUT2D eigenvalue weighted by Crippen LogP contribution is 2.50. The van der Waals surface area contributed by atoms with Crippen molar-refractivity contribution in [2.24, 2.45) is 22.8 Å². The van der Waals surface area contributed by atoms with E-state index in [0.29, 0.717) is 5.92 Å². The summed E-state index contributed by atoms with van der Waals surface area (Å²) in [6.07, 6.45) is 4.20. The highest BCUT2D eigenvalue weighted by Gasteiger charge is 2.53. The van der Waals surface area contributed by atoms with Crippen molar-refractivity contribution in [3.63, 3.8) is 0 Å². The maximum atomic E-state index is 6.67. The predicted molar refractivity (Wildman–Crippen MR) is 71.1 cm³/mol. The monoisotopic (exact) mass is 224 g/mol. The molecule has 0 aromatic carbocycles. The number of hydrogen-bond acceptors (Lipinski definition) is 2. The zero-order chi connectivity index (χ0) is 12.8. The molecule has 0 aromatic rings. The number of rotatable bonds is 2. The number of hydrogen-bond donors (Lipinski definition) is 2. The van der Waals surface area contributed by atoms with Gasteiger partial charge in [-0.05, 0) is 25.7 Å². The smallest absolute Gasteiger partial charge is 0.0407 e. The molecular formula is C14H28N2. The quantitative estimate of drug-likeness (QED) is 0.709. The van der Waals surface area contributed by atoms with Gasteiger partial charge in [-0.2, -0.15) is 0 Å². The first-order valence-corrected chi connectivity index (χ1v) is 6.43. The molecule has 16 heavy (non-hydrogen) atoms. The fraction of sp³-hybridized carbons (Fsp3) is 0.857. The standard InChI is InChI=1S/C14H28N2/c1-7-13(15)10(3)9-12(5,6)14(16,8-2)11(13)4/h9,11H,7-8,15-16H2,1-6H3. The summed E-state index contributed by atoms with van der Waals surface area (Å²) in [5.41, 5.74) is 14.1.